The summed E-state index contributed by atoms with van der Waals surface area (Å²) in [7, 11) is 0. The first kappa shape index (κ1) is 12.8. The monoisotopic (exact) mass is 260 g/mol. The van der Waals surface area contributed by atoms with E-state index < -0.39 is 4.92 Å². The molecule has 98 valence electrons. The topological polar surface area (TPSA) is 99.3 Å². The lowest BCUT2D eigenvalue weighted by Gasteiger charge is -2.34. The molecular weight excluding hydrogens is 248 g/mol. The second kappa shape index (κ2) is 4.94. The summed E-state index contributed by atoms with van der Waals surface area (Å²) in [6, 6.07) is 5.77. The molecule has 1 saturated heterocycles. The third kappa shape index (κ3) is 2.33. The smallest absolute Gasteiger partial charge is 0.287 e. The molecule has 1 atom stereocenters. The van der Waals surface area contributed by atoms with Crippen molar-refractivity contribution in [3.63, 3.8) is 0 Å². The van der Waals surface area contributed by atoms with Gasteiger partial charge in [0, 0.05) is 24.8 Å². The van der Waals surface area contributed by atoms with Crippen molar-refractivity contribution < 1.29 is 9.72 Å². The summed E-state index contributed by atoms with van der Waals surface area (Å²) in [6.45, 7) is 2.87. The van der Waals surface area contributed by atoms with Gasteiger partial charge in [-0.3, -0.25) is 14.9 Å². The number of nitrogens with zero attached hydrogens (tertiary/aromatic N) is 3. The van der Waals surface area contributed by atoms with E-state index in [-0.39, 0.29) is 23.2 Å². The standard InChI is InChI=1S/C12H12N4O3/c1-8-12(17)14-4-5-15(8)10-2-3-11(16(18)19)9(6-10)7-13/h2-3,6,8H,4-5H2,1H3,(H,14,17). The number of hydrogen-bond acceptors (Lipinski definition) is 5. The van der Waals surface area contributed by atoms with E-state index >= 15 is 0 Å². The quantitative estimate of drug-likeness (QED) is 0.626. The molecule has 2 rings (SSSR count). The zero-order valence-electron chi connectivity index (χ0n) is 10.3. The second-order valence-corrected chi connectivity index (χ2v) is 4.23. The van der Waals surface area contributed by atoms with Gasteiger partial charge in [0.25, 0.3) is 5.69 Å². The van der Waals surface area contributed by atoms with E-state index in [0.717, 1.165) is 0 Å². The minimum Gasteiger partial charge on any atom is -0.358 e. The number of amides is 1. The van der Waals surface area contributed by atoms with Crippen LogP contribution in [0.2, 0.25) is 0 Å². The van der Waals surface area contributed by atoms with Crippen molar-refractivity contribution in [1.29, 1.82) is 5.26 Å². The van der Waals surface area contributed by atoms with Gasteiger partial charge in [0.1, 0.15) is 17.7 Å². The van der Waals surface area contributed by atoms with Gasteiger partial charge in [-0.05, 0) is 19.1 Å². The summed E-state index contributed by atoms with van der Waals surface area (Å²) >= 11 is 0. The lowest BCUT2D eigenvalue weighted by atomic mass is 10.1. The van der Waals surface area contributed by atoms with Crippen LogP contribution in [0.3, 0.4) is 0 Å². The Bertz CT molecular complexity index is 579. The number of carbonyl (C=O) groups is 1. The number of rotatable bonds is 2. The van der Waals surface area contributed by atoms with Gasteiger partial charge in [0.15, 0.2) is 0 Å². The Morgan fingerprint density at radius 2 is 2.32 bits per heavy atom. The molecule has 19 heavy (non-hydrogen) atoms. The van der Waals surface area contributed by atoms with Gasteiger partial charge in [-0.15, -0.1) is 0 Å². The van der Waals surface area contributed by atoms with Crippen molar-refractivity contribution in [2.24, 2.45) is 0 Å². The van der Waals surface area contributed by atoms with Crippen LogP contribution in [-0.2, 0) is 4.79 Å². The van der Waals surface area contributed by atoms with E-state index in [1.165, 1.54) is 12.1 Å². The Morgan fingerprint density at radius 1 is 1.58 bits per heavy atom. The highest BCUT2D eigenvalue weighted by Gasteiger charge is 2.26. The molecule has 1 aliphatic rings. The predicted molar refractivity (Wildman–Crippen MR) is 67.6 cm³/mol. The maximum atomic E-state index is 11.6. The summed E-state index contributed by atoms with van der Waals surface area (Å²) < 4.78 is 0. The van der Waals surface area contributed by atoms with Crippen LogP contribution in [0.4, 0.5) is 11.4 Å². The fraction of sp³-hybridized carbons (Fsp3) is 0.333. The van der Waals surface area contributed by atoms with Gasteiger partial charge < -0.3 is 10.2 Å². The molecule has 1 fully saturated rings. The molecule has 1 unspecified atom stereocenters. The number of nitro benzene ring substituents is 1. The summed E-state index contributed by atoms with van der Waals surface area (Å²) in [5.74, 6) is -0.0943. The number of nitriles is 1. The molecule has 1 aromatic carbocycles. The molecule has 0 bridgehead atoms. The highest BCUT2D eigenvalue weighted by Crippen LogP contribution is 2.26. The molecule has 1 aliphatic heterocycles. The minimum atomic E-state index is -0.589. The van der Waals surface area contributed by atoms with Crippen molar-refractivity contribution in [3.05, 3.63) is 33.9 Å². The van der Waals surface area contributed by atoms with Crippen molar-refractivity contribution in [1.82, 2.24) is 5.32 Å². The molecule has 0 spiro atoms. The van der Waals surface area contributed by atoms with Crippen molar-refractivity contribution in [2.45, 2.75) is 13.0 Å². The van der Waals surface area contributed by atoms with E-state index in [0.29, 0.717) is 18.8 Å². The van der Waals surface area contributed by atoms with Crippen LogP contribution in [0, 0.1) is 21.4 Å². The number of nitrogens with one attached hydrogen (secondary N) is 1. The average Bonchev–Trinajstić information content (AvgIpc) is 2.41. The molecule has 7 heteroatoms. The number of anilines is 1. The molecular formula is C12H12N4O3. The van der Waals surface area contributed by atoms with Crippen LogP contribution >= 0.6 is 0 Å². The Kier molecular flexibility index (Phi) is 3.33. The van der Waals surface area contributed by atoms with Crippen LogP contribution in [-0.4, -0.2) is 30.0 Å². The van der Waals surface area contributed by atoms with E-state index in [2.05, 4.69) is 5.32 Å². The molecule has 7 nitrogen and oxygen atoms in total. The molecule has 0 saturated carbocycles. The predicted octanol–water partition coefficient (Wildman–Crippen LogP) is 0.791. The molecule has 1 N–H and O–H groups in total. The second-order valence-electron chi connectivity index (χ2n) is 4.23. The third-order valence-corrected chi connectivity index (χ3v) is 3.13. The van der Waals surface area contributed by atoms with E-state index in [4.69, 9.17) is 5.26 Å². The van der Waals surface area contributed by atoms with E-state index in [1.807, 2.05) is 11.0 Å². The van der Waals surface area contributed by atoms with Crippen LogP contribution in [0.25, 0.3) is 0 Å². The summed E-state index contributed by atoms with van der Waals surface area (Å²) in [6.07, 6.45) is 0. The summed E-state index contributed by atoms with van der Waals surface area (Å²) in [5, 5.41) is 22.5. The largest absolute Gasteiger partial charge is 0.358 e. The lowest BCUT2D eigenvalue weighted by Crippen LogP contribution is -2.54. The summed E-state index contributed by atoms with van der Waals surface area (Å²) in [4.78, 5) is 23.6. The van der Waals surface area contributed by atoms with E-state index in [9.17, 15) is 14.9 Å². The van der Waals surface area contributed by atoms with E-state index in [1.54, 1.807) is 13.0 Å². The zero-order valence-corrected chi connectivity index (χ0v) is 10.3. The number of nitro groups is 1. The average molecular weight is 260 g/mol. The zero-order chi connectivity index (χ0) is 14.0. The maximum absolute atomic E-state index is 11.6. The van der Waals surface area contributed by atoms with Gasteiger partial charge in [-0.25, -0.2) is 0 Å². The SMILES string of the molecule is CC1C(=O)NCCN1c1ccc([N+](=O)[O-])c(C#N)c1. The molecule has 1 aromatic rings. The van der Waals surface area contributed by atoms with Crippen LogP contribution in [0.15, 0.2) is 18.2 Å². The lowest BCUT2D eigenvalue weighted by molar-refractivity contribution is -0.385. The molecule has 1 heterocycles. The molecule has 0 aliphatic carbocycles. The van der Waals surface area contributed by atoms with Gasteiger partial charge in [0.2, 0.25) is 5.91 Å². The molecule has 0 radical (unpaired) electrons. The van der Waals surface area contributed by atoms with Gasteiger partial charge >= 0.3 is 0 Å². The fourth-order valence-electron chi connectivity index (χ4n) is 2.09. The normalized spacial score (nSPS) is 18.6. The number of piperazine rings is 1. The van der Waals surface area contributed by atoms with Gasteiger partial charge in [-0.1, -0.05) is 0 Å². The first-order valence-electron chi connectivity index (χ1n) is 5.77. The third-order valence-electron chi connectivity index (χ3n) is 3.13. The molecule has 0 aromatic heterocycles. The minimum absolute atomic E-state index is 0.000631. The summed E-state index contributed by atoms with van der Waals surface area (Å²) in [5.41, 5.74) is 0.422. The van der Waals surface area contributed by atoms with Gasteiger partial charge in [-0.2, -0.15) is 5.26 Å². The Balaban J connectivity index is 2.39. The van der Waals surface area contributed by atoms with Gasteiger partial charge in [0.05, 0.1) is 4.92 Å². The fourth-order valence-corrected chi connectivity index (χ4v) is 2.09. The highest BCUT2D eigenvalue weighted by atomic mass is 16.6. The number of carbonyl (C=O) groups excluding carboxylic acids is 1. The van der Waals surface area contributed by atoms with Crippen molar-refractivity contribution >= 4 is 17.3 Å². The first-order chi connectivity index (χ1) is 9.04. The highest BCUT2D eigenvalue weighted by molar-refractivity contribution is 5.86. The Morgan fingerprint density at radius 3 is 2.95 bits per heavy atom. The Hall–Kier alpha value is -2.62. The number of hydrogen-bond donors (Lipinski definition) is 1. The molecule has 1 amide bonds. The van der Waals surface area contributed by atoms with Crippen LogP contribution < -0.4 is 10.2 Å². The van der Waals surface area contributed by atoms with Crippen molar-refractivity contribution in [3.8, 4) is 6.07 Å². The Labute approximate surface area is 109 Å². The van der Waals surface area contributed by atoms with Crippen LogP contribution in [0.1, 0.15) is 12.5 Å². The maximum Gasteiger partial charge on any atom is 0.287 e. The van der Waals surface area contributed by atoms with Crippen LogP contribution in [0.5, 0.6) is 0 Å². The first-order valence-corrected chi connectivity index (χ1v) is 5.77. The van der Waals surface area contributed by atoms with Crippen molar-refractivity contribution in [2.75, 3.05) is 18.0 Å². The number of benzene rings is 1.